The van der Waals surface area contributed by atoms with E-state index in [1.165, 1.54) is 0 Å². The molecule has 0 amide bonds. The van der Waals surface area contributed by atoms with Gasteiger partial charge >= 0.3 is 0 Å². The molecule has 1 aromatic heterocycles. The topological polar surface area (TPSA) is 76.0 Å². The van der Waals surface area contributed by atoms with Gasteiger partial charge in [0, 0.05) is 36.6 Å². The molecule has 23 heavy (non-hydrogen) atoms. The zero-order chi connectivity index (χ0) is 17.0. The molecule has 0 unspecified atom stereocenters. The Morgan fingerprint density at radius 3 is 2.26 bits per heavy atom. The van der Waals surface area contributed by atoms with E-state index in [4.69, 9.17) is 0 Å². The van der Waals surface area contributed by atoms with Crippen LogP contribution in [0.2, 0.25) is 0 Å². The third-order valence-corrected chi connectivity index (χ3v) is 5.10. The molecule has 126 valence electrons. The van der Waals surface area contributed by atoms with Gasteiger partial charge in [0.25, 0.3) is 0 Å². The van der Waals surface area contributed by atoms with Gasteiger partial charge in [0.15, 0.2) is 0 Å². The average molecular weight is 336 g/mol. The molecule has 2 aromatic rings. The Hall–Kier alpha value is -1.86. The van der Waals surface area contributed by atoms with Gasteiger partial charge in [0.1, 0.15) is 0 Å². The summed E-state index contributed by atoms with van der Waals surface area (Å²) in [5, 5.41) is 7.70. The fourth-order valence-electron chi connectivity index (χ4n) is 2.32. The third-order valence-electron chi connectivity index (χ3n) is 3.79. The van der Waals surface area contributed by atoms with Crippen molar-refractivity contribution in [3.8, 4) is 0 Å². The number of rotatable bonds is 7. The van der Waals surface area contributed by atoms with Gasteiger partial charge in [-0.05, 0) is 38.5 Å². The van der Waals surface area contributed by atoms with Crippen molar-refractivity contribution in [3.63, 3.8) is 0 Å². The summed E-state index contributed by atoms with van der Waals surface area (Å²) in [6, 6.07) is 7.76. The molecule has 0 spiro atoms. The lowest BCUT2D eigenvalue weighted by molar-refractivity contribution is 0.494. The van der Waals surface area contributed by atoms with Gasteiger partial charge < -0.3 is 5.32 Å². The highest BCUT2D eigenvalue weighted by Gasteiger charge is 2.13. The van der Waals surface area contributed by atoms with Crippen LogP contribution in [0, 0.1) is 0 Å². The minimum atomic E-state index is -3.23. The molecular formula is C16H24N4O2S. The van der Waals surface area contributed by atoms with Crippen LogP contribution >= 0.6 is 0 Å². The number of aryl methyl sites for hydroxylation is 1. The predicted molar refractivity (Wildman–Crippen MR) is 92.7 cm³/mol. The van der Waals surface area contributed by atoms with Crippen LogP contribution in [0.3, 0.4) is 0 Å². The molecule has 2 N–H and O–H groups in total. The van der Waals surface area contributed by atoms with Crippen LogP contribution in [0.5, 0.6) is 0 Å². The van der Waals surface area contributed by atoms with Crippen molar-refractivity contribution in [1.82, 2.24) is 15.1 Å². The Morgan fingerprint density at radius 2 is 1.74 bits per heavy atom. The molecule has 0 bridgehead atoms. The van der Waals surface area contributed by atoms with Crippen LogP contribution in [0.25, 0.3) is 0 Å². The van der Waals surface area contributed by atoms with E-state index < -0.39 is 10.0 Å². The Bertz CT molecular complexity index is 738. The van der Waals surface area contributed by atoms with Crippen molar-refractivity contribution in [2.24, 2.45) is 7.05 Å². The number of nitrogens with zero attached hydrogens (tertiary/aromatic N) is 2. The van der Waals surface area contributed by atoms with Gasteiger partial charge in [0.2, 0.25) is 10.0 Å². The van der Waals surface area contributed by atoms with Crippen molar-refractivity contribution in [2.45, 2.75) is 32.9 Å². The van der Waals surface area contributed by atoms with Gasteiger partial charge in [-0.15, -0.1) is 0 Å². The van der Waals surface area contributed by atoms with E-state index >= 15 is 0 Å². The smallest absolute Gasteiger partial charge is 0.232 e. The molecule has 6 nitrogen and oxygen atoms in total. The molecule has 1 aromatic carbocycles. The lowest BCUT2D eigenvalue weighted by Gasteiger charge is -2.20. The van der Waals surface area contributed by atoms with E-state index in [9.17, 15) is 8.42 Å². The minimum Gasteiger partial charge on any atom is -0.304 e. The van der Waals surface area contributed by atoms with Crippen molar-refractivity contribution in [3.05, 3.63) is 47.8 Å². The number of anilines is 1. The standard InChI is InChI=1S/C16H24N4O2S/c1-5-23(21,22)19-16-8-6-14(7-9-16)12(2)18-13(3)15-10-17-20(4)11-15/h6-13,18-19H,5H2,1-4H3/t12-,13-/m0/s1. The lowest BCUT2D eigenvalue weighted by Crippen LogP contribution is -2.22. The fraction of sp³-hybridized carbons (Fsp3) is 0.438. The minimum absolute atomic E-state index is 0.0648. The van der Waals surface area contributed by atoms with E-state index in [1.54, 1.807) is 23.7 Å². The van der Waals surface area contributed by atoms with Crippen LogP contribution < -0.4 is 10.0 Å². The molecular weight excluding hydrogens is 312 g/mol. The first-order valence-corrected chi connectivity index (χ1v) is 9.31. The SMILES string of the molecule is CCS(=O)(=O)Nc1ccc([C@H](C)N[C@@H](C)c2cnn(C)c2)cc1. The van der Waals surface area contributed by atoms with Gasteiger partial charge in [-0.3, -0.25) is 9.40 Å². The van der Waals surface area contributed by atoms with E-state index in [0.717, 1.165) is 11.1 Å². The van der Waals surface area contributed by atoms with E-state index in [1.807, 2.05) is 31.6 Å². The highest BCUT2D eigenvalue weighted by molar-refractivity contribution is 7.92. The second kappa shape index (κ2) is 7.14. The first-order valence-electron chi connectivity index (χ1n) is 7.65. The Kier molecular flexibility index (Phi) is 5.43. The summed E-state index contributed by atoms with van der Waals surface area (Å²) in [5.41, 5.74) is 2.81. The number of hydrogen-bond donors (Lipinski definition) is 2. The highest BCUT2D eigenvalue weighted by atomic mass is 32.2. The Labute approximate surface area is 138 Å². The molecule has 0 aliphatic carbocycles. The summed E-state index contributed by atoms with van der Waals surface area (Å²) >= 11 is 0. The molecule has 1 heterocycles. The lowest BCUT2D eigenvalue weighted by atomic mass is 10.1. The van der Waals surface area contributed by atoms with Gasteiger partial charge in [-0.1, -0.05) is 12.1 Å². The maximum Gasteiger partial charge on any atom is 0.232 e. The first kappa shape index (κ1) is 17.5. The largest absolute Gasteiger partial charge is 0.304 e. The van der Waals surface area contributed by atoms with E-state index in [-0.39, 0.29) is 17.8 Å². The molecule has 0 saturated heterocycles. The van der Waals surface area contributed by atoms with Crippen molar-refractivity contribution in [2.75, 3.05) is 10.5 Å². The average Bonchev–Trinajstić information content (AvgIpc) is 2.94. The quantitative estimate of drug-likeness (QED) is 0.815. The second-order valence-corrected chi connectivity index (χ2v) is 7.70. The highest BCUT2D eigenvalue weighted by Crippen LogP contribution is 2.21. The van der Waals surface area contributed by atoms with Crippen LogP contribution in [0.1, 0.15) is 44.0 Å². The number of sulfonamides is 1. The number of nitrogens with one attached hydrogen (secondary N) is 2. The summed E-state index contributed by atoms with van der Waals surface area (Å²) in [5.74, 6) is 0.0648. The predicted octanol–water partition coefficient (Wildman–Crippen LogP) is 2.59. The molecule has 7 heteroatoms. The number of benzene rings is 1. The van der Waals surface area contributed by atoms with Crippen LogP contribution in [0.4, 0.5) is 5.69 Å². The Morgan fingerprint density at radius 1 is 1.13 bits per heavy atom. The van der Waals surface area contributed by atoms with Crippen molar-refractivity contribution < 1.29 is 8.42 Å². The molecule has 0 saturated carbocycles. The van der Waals surface area contributed by atoms with Crippen LogP contribution in [-0.2, 0) is 17.1 Å². The van der Waals surface area contributed by atoms with E-state index in [0.29, 0.717) is 5.69 Å². The summed E-state index contributed by atoms with van der Waals surface area (Å²) in [7, 11) is -1.33. The molecule has 0 aliphatic rings. The maximum absolute atomic E-state index is 11.6. The van der Waals surface area contributed by atoms with E-state index in [2.05, 4.69) is 29.0 Å². The van der Waals surface area contributed by atoms with Crippen molar-refractivity contribution >= 4 is 15.7 Å². The number of hydrogen-bond acceptors (Lipinski definition) is 4. The van der Waals surface area contributed by atoms with Crippen LogP contribution in [0.15, 0.2) is 36.7 Å². The molecule has 2 atom stereocenters. The Balaban J connectivity index is 2.01. The molecule has 0 fully saturated rings. The third kappa shape index (κ3) is 4.80. The number of aromatic nitrogens is 2. The van der Waals surface area contributed by atoms with Gasteiger partial charge in [0.05, 0.1) is 11.9 Å². The van der Waals surface area contributed by atoms with Gasteiger partial charge in [-0.2, -0.15) is 5.10 Å². The summed E-state index contributed by atoms with van der Waals surface area (Å²) in [6.07, 6.45) is 3.85. The summed E-state index contributed by atoms with van der Waals surface area (Å²) < 4.78 is 27.4. The normalized spacial score (nSPS) is 14.4. The first-order chi connectivity index (χ1) is 10.8. The maximum atomic E-state index is 11.6. The van der Waals surface area contributed by atoms with Gasteiger partial charge in [-0.25, -0.2) is 8.42 Å². The molecule has 0 radical (unpaired) electrons. The summed E-state index contributed by atoms with van der Waals surface area (Å²) in [4.78, 5) is 0. The van der Waals surface area contributed by atoms with Crippen LogP contribution in [-0.4, -0.2) is 24.0 Å². The monoisotopic (exact) mass is 336 g/mol. The molecule has 2 rings (SSSR count). The van der Waals surface area contributed by atoms with Crippen molar-refractivity contribution in [1.29, 1.82) is 0 Å². The fourth-order valence-corrected chi connectivity index (χ4v) is 2.96. The molecule has 0 aliphatic heterocycles. The zero-order valence-electron chi connectivity index (χ0n) is 13.9. The second-order valence-electron chi connectivity index (χ2n) is 5.68. The summed E-state index contributed by atoms with van der Waals surface area (Å²) in [6.45, 7) is 5.79. The zero-order valence-corrected chi connectivity index (χ0v) is 14.8.